The summed E-state index contributed by atoms with van der Waals surface area (Å²) in [4.78, 5) is 10.5. The van der Waals surface area contributed by atoms with Crippen molar-refractivity contribution in [2.45, 2.75) is 6.42 Å². The number of benzene rings is 2. The predicted octanol–water partition coefficient (Wildman–Crippen LogP) is 3.36. The van der Waals surface area contributed by atoms with E-state index >= 15 is 0 Å². The first kappa shape index (κ1) is 11.3. The van der Waals surface area contributed by atoms with E-state index in [1.54, 1.807) is 24.3 Å². The molecule has 0 saturated heterocycles. The minimum Gasteiger partial charge on any atom is -0.457 e. The molecule has 2 nitrogen and oxygen atoms in total. The van der Waals surface area contributed by atoms with E-state index in [9.17, 15) is 9.18 Å². The average molecular weight is 230 g/mol. The normalized spacial score (nSPS) is 9.94. The molecule has 2 aromatic rings. The van der Waals surface area contributed by atoms with Crippen LogP contribution in [-0.2, 0) is 11.2 Å². The van der Waals surface area contributed by atoms with E-state index in [0.29, 0.717) is 17.8 Å². The molecule has 0 amide bonds. The summed E-state index contributed by atoms with van der Waals surface area (Å²) in [6.45, 7) is 0. The minimum absolute atomic E-state index is 0.00877. The Labute approximate surface area is 98.7 Å². The number of carbonyl (C=O) groups excluding carboxylic acids is 1. The second-order valence-electron chi connectivity index (χ2n) is 3.50. The summed E-state index contributed by atoms with van der Waals surface area (Å²) in [6.07, 6.45) is 0.672. The Balaban J connectivity index is 2.32. The monoisotopic (exact) mass is 230 g/mol. The van der Waals surface area contributed by atoms with Gasteiger partial charge in [-0.3, -0.25) is 0 Å². The molecule has 0 saturated carbocycles. The summed E-state index contributed by atoms with van der Waals surface area (Å²) in [5, 5.41) is 0. The van der Waals surface area contributed by atoms with Crippen LogP contribution in [0.5, 0.6) is 11.5 Å². The molecule has 0 aliphatic heterocycles. The summed E-state index contributed by atoms with van der Waals surface area (Å²) in [5.41, 5.74) is 0.284. The van der Waals surface area contributed by atoms with Crippen LogP contribution in [0.1, 0.15) is 5.56 Å². The lowest BCUT2D eigenvalue weighted by atomic mass is 10.1. The molecule has 0 fully saturated rings. The highest BCUT2D eigenvalue weighted by atomic mass is 19.1. The summed E-state index contributed by atoms with van der Waals surface area (Å²) < 4.78 is 19.0. The number of halogens is 1. The van der Waals surface area contributed by atoms with Crippen LogP contribution in [0.25, 0.3) is 0 Å². The van der Waals surface area contributed by atoms with Gasteiger partial charge in [0.1, 0.15) is 23.6 Å². The molecule has 0 radical (unpaired) electrons. The molecule has 0 atom stereocenters. The molecule has 2 rings (SSSR count). The highest BCUT2D eigenvalue weighted by Crippen LogP contribution is 2.26. The Kier molecular flexibility index (Phi) is 3.50. The summed E-state index contributed by atoms with van der Waals surface area (Å²) >= 11 is 0. The van der Waals surface area contributed by atoms with Gasteiger partial charge in [0, 0.05) is 12.0 Å². The van der Waals surface area contributed by atoms with E-state index in [1.807, 2.05) is 18.2 Å². The third-order valence-corrected chi connectivity index (χ3v) is 2.33. The van der Waals surface area contributed by atoms with Gasteiger partial charge in [0.15, 0.2) is 0 Å². The van der Waals surface area contributed by atoms with Crippen molar-refractivity contribution in [3.8, 4) is 11.5 Å². The summed E-state index contributed by atoms with van der Waals surface area (Å²) in [7, 11) is 0. The third kappa shape index (κ3) is 2.69. The number of hydrogen-bond donors (Lipinski definition) is 0. The Morgan fingerprint density at radius 3 is 2.53 bits per heavy atom. The quantitative estimate of drug-likeness (QED) is 0.753. The molecule has 0 N–H and O–H groups in total. The molecule has 0 bridgehead atoms. The van der Waals surface area contributed by atoms with Crippen LogP contribution in [0.15, 0.2) is 48.5 Å². The first-order valence-electron chi connectivity index (χ1n) is 5.25. The maximum absolute atomic E-state index is 13.5. The fraction of sp³-hybridized carbons (Fsp3) is 0.0714. The number of carbonyl (C=O) groups is 1. The average Bonchev–Trinajstić information content (AvgIpc) is 2.35. The largest absolute Gasteiger partial charge is 0.457 e. The van der Waals surface area contributed by atoms with E-state index in [0.717, 1.165) is 0 Å². The Morgan fingerprint density at radius 2 is 1.82 bits per heavy atom. The molecule has 86 valence electrons. The van der Waals surface area contributed by atoms with Crippen molar-refractivity contribution in [1.82, 2.24) is 0 Å². The molecule has 0 aromatic heterocycles. The molecule has 0 heterocycles. The Hall–Kier alpha value is -2.16. The zero-order valence-electron chi connectivity index (χ0n) is 9.10. The van der Waals surface area contributed by atoms with Crippen LogP contribution < -0.4 is 4.74 Å². The molecule has 17 heavy (non-hydrogen) atoms. The first-order chi connectivity index (χ1) is 8.31. The lowest BCUT2D eigenvalue weighted by molar-refractivity contribution is -0.107. The number of hydrogen-bond acceptors (Lipinski definition) is 2. The van der Waals surface area contributed by atoms with Crippen LogP contribution in [-0.4, -0.2) is 6.29 Å². The summed E-state index contributed by atoms with van der Waals surface area (Å²) in [5.74, 6) is 0.569. The van der Waals surface area contributed by atoms with Crippen molar-refractivity contribution in [1.29, 1.82) is 0 Å². The van der Waals surface area contributed by atoms with Gasteiger partial charge in [-0.2, -0.15) is 0 Å². The molecule has 0 spiro atoms. The second kappa shape index (κ2) is 5.25. The maximum atomic E-state index is 13.5. The third-order valence-electron chi connectivity index (χ3n) is 2.33. The van der Waals surface area contributed by atoms with Crippen LogP contribution in [0.3, 0.4) is 0 Å². The van der Waals surface area contributed by atoms with Crippen LogP contribution in [0.2, 0.25) is 0 Å². The molecule has 3 heteroatoms. The molecular weight excluding hydrogens is 219 g/mol. The van der Waals surface area contributed by atoms with E-state index < -0.39 is 5.82 Å². The van der Waals surface area contributed by atoms with Crippen molar-refractivity contribution in [3.63, 3.8) is 0 Å². The van der Waals surface area contributed by atoms with Crippen molar-refractivity contribution >= 4 is 6.29 Å². The van der Waals surface area contributed by atoms with Crippen molar-refractivity contribution in [2.24, 2.45) is 0 Å². The number of ether oxygens (including phenoxy) is 1. The zero-order chi connectivity index (χ0) is 12.1. The topological polar surface area (TPSA) is 26.3 Å². The van der Waals surface area contributed by atoms with Gasteiger partial charge in [-0.1, -0.05) is 24.3 Å². The molecule has 0 aliphatic carbocycles. The van der Waals surface area contributed by atoms with Crippen LogP contribution >= 0.6 is 0 Å². The number of rotatable bonds is 4. The second-order valence-corrected chi connectivity index (χ2v) is 3.50. The van der Waals surface area contributed by atoms with Crippen molar-refractivity contribution in [3.05, 3.63) is 59.9 Å². The fourth-order valence-electron chi connectivity index (χ4n) is 1.53. The lowest BCUT2D eigenvalue weighted by Crippen LogP contribution is -1.96. The molecule has 0 unspecified atom stereocenters. The van der Waals surface area contributed by atoms with E-state index in [2.05, 4.69) is 0 Å². The lowest BCUT2D eigenvalue weighted by Gasteiger charge is -2.10. The van der Waals surface area contributed by atoms with Gasteiger partial charge in [-0.05, 0) is 24.3 Å². The van der Waals surface area contributed by atoms with Crippen LogP contribution in [0, 0.1) is 5.82 Å². The Morgan fingerprint density at radius 1 is 1.06 bits per heavy atom. The van der Waals surface area contributed by atoms with Crippen molar-refractivity contribution < 1.29 is 13.9 Å². The molecule has 2 aromatic carbocycles. The number of aldehydes is 1. The van der Waals surface area contributed by atoms with E-state index in [4.69, 9.17) is 4.74 Å². The minimum atomic E-state index is -0.425. The highest BCUT2D eigenvalue weighted by molar-refractivity contribution is 5.58. The van der Waals surface area contributed by atoms with Gasteiger partial charge in [-0.25, -0.2) is 4.39 Å². The van der Waals surface area contributed by atoms with Crippen molar-refractivity contribution in [2.75, 3.05) is 0 Å². The van der Waals surface area contributed by atoms with E-state index in [1.165, 1.54) is 6.07 Å². The standard InChI is InChI=1S/C14H11FO2/c15-13-7-4-8-14(12(13)9-10-16)17-11-5-2-1-3-6-11/h1-8,10H,9H2. The first-order valence-corrected chi connectivity index (χ1v) is 5.25. The maximum Gasteiger partial charge on any atom is 0.133 e. The van der Waals surface area contributed by atoms with E-state index in [-0.39, 0.29) is 12.0 Å². The highest BCUT2D eigenvalue weighted by Gasteiger charge is 2.09. The van der Waals surface area contributed by atoms with Gasteiger partial charge in [0.25, 0.3) is 0 Å². The Bertz CT molecular complexity index is 509. The van der Waals surface area contributed by atoms with Gasteiger partial charge >= 0.3 is 0 Å². The summed E-state index contributed by atoms with van der Waals surface area (Å²) in [6, 6.07) is 13.6. The van der Waals surface area contributed by atoms with Gasteiger partial charge < -0.3 is 9.53 Å². The van der Waals surface area contributed by atoms with Crippen LogP contribution in [0.4, 0.5) is 4.39 Å². The van der Waals surface area contributed by atoms with Gasteiger partial charge in [0.2, 0.25) is 0 Å². The van der Waals surface area contributed by atoms with Gasteiger partial charge in [0.05, 0.1) is 0 Å². The molecular formula is C14H11FO2. The number of para-hydroxylation sites is 1. The fourth-order valence-corrected chi connectivity index (χ4v) is 1.53. The van der Waals surface area contributed by atoms with Gasteiger partial charge in [-0.15, -0.1) is 0 Å². The SMILES string of the molecule is O=CCc1c(F)cccc1Oc1ccccc1. The smallest absolute Gasteiger partial charge is 0.133 e. The molecule has 0 aliphatic rings. The predicted molar refractivity (Wildman–Crippen MR) is 62.7 cm³/mol. The zero-order valence-corrected chi connectivity index (χ0v) is 9.10.